The minimum atomic E-state index is -0.597. The van der Waals surface area contributed by atoms with Crippen molar-refractivity contribution in [3.05, 3.63) is 40.3 Å². The standard InChI is InChI=1S/C15H18N2O3/c1-10-5-2-3-8-13(10)15(19)16-12-7-4-6-11(9-12)14(18)17-20/h2-3,5,8,11-12H,4,6-7,9H2,1H3,(H,16,19)/t11-,12+/m0/s1. The summed E-state index contributed by atoms with van der Waals surface area (Å²) >= 11 is 0. The number of hydrogen-bond acceptors (Lipinski definition) is 3. The first-order valence-corrected chi connectivity index (χ1v) is 6.85. The Bertz CT molecular complexity index is 528. The highest BCUT2D eigenvalue weighted by Gasteiger charge is 2.29. The summed E-state index contributed by atoms with van der Waals surface area (Å²) in [6.07, 6.45) is 2.84. The molecule has 1 saturated carbocycles. The summed E-state index contributed by atoms with van der Waals surface area (Å²) < 4.78 is 0. The second-order valence-corrected chi connectivity index (χ2v) is 5.28. The van der Waals surface area contributed by atoms with Gasteiger partial charge in [-0.25, -0.2) is 0 Å². The van der Waals surface area contributed by atoms with Crippen LogP contribution in [0.1, 0.15) is 41.6 Å². The highest BCUT2D eigenvalue weighted by molar-refractivity contribution is 5.95. The molecule has 1 aliphatic carbocycles. The van der Waals surface area contributed by atoms with Crippen molar-refractivity contribution in [3.8, 4) is 0 Å². The predicted molar refractivity (Wildman–Crippen MR) is 75.2 cm³/mol. The number of nitrogens with zero attached hydrogens (tertiary/aromatic N) is 1. The van der Waals surface area contributed by atoms with E-state index in [1.165, 1.54) is 0 Å². The van der Waals surface area contributed by atoms with Gasteiger partial charge in [0, 0.05) is 22.7 Å². The van der Waals surface area contributed by atoms with Crippen molar-refractivity contribution < 1.29 is 9.59 Å². The van der Waals surface area contributed by atoms with Crippen LogP contribution in [0.3, 0.4) is 0 Å². The molecule has 2 rings (SSSR count). The Morgan fingerprint density at radius 2 is 2.00 bits per heavy atom. The zero-order valence-electron chi connectivity index (χ0n) is 11.5. The van der Waals surface area contributed by atoms with Gasteiger partial charge in [-0.05, 0) is 37.8 Å². The molecule has 5 heteroatoms. The molecule has 0 spiro atoms. The van der Waals surface area contributed by atoms with Gasteiger partial charge < -0.3 is 5.32 Å². The van der Waals surface area contributed by atoms with Gasteiger partial charge in [-0.1, -0.05) is 24.6 Å². The van der Waals surface area contributed by atoms with Crippen LogP contribution in [-0.4, -0.2) is 17.9 Å². The Morgan fingerprint density at radius 3 is 2.70 bits per heavy atom. The Hall–Kier alpha value is -2.04. The summed E-state index contributed by atoms with van der Waals surface area (Å²) in [5.41, 5.74) is 1.57. The fourth-order valence-electron chi connectivity index (χ4n) is 2.71. The lowest BCUT2D eigenvalue weighted by atomic mass is 9.85. The van der Waals surface area contributed by atoms with Crippen molar-refractivity contribution in [2.45, 2.75) is 38.6 Å². The maximum atomic E-state index is 12.2. The molecule has 1 aliphatic rings. The Balaban J connectivity index is 1.99. The van der Waals surface area contributed by atoms with E-state index >= 15 is 0 Å². The lowest BCUT2D eigenvalue weighted by Gasteiger charge is -2.27. The molecule has 5 nitrogen and oxygen atoms in total. The van der Waals surface area contributed by atoms with Crippen LogP contribution in [0, 0.1) is 17.7 Å². The van der Waals surface area contributed by atoms with Crippen molar-refractivity contribution in [1.82, 2.24) is 5.32 Å². The number of benzene rings is 1. The van der Waals surface area contributed by atoms with E-state index in [4.69, 9.17) is 0 Å². The van der Waals surface area contributed by atoms with Gasteiger partial charge >= 0.3 is 0 Å². The monoisotopic (exact) mass is 274 g/mol. The number of rotatable bonds is 3. The highest BCUT2D eigenvalue weighted by Crippen LogP contribution is 2.25. The number of carbonyl (C=O) groups excluding carboxylic acids is 2. The summed E-state index contributed by atoms with van der Waals surface area (Å²) in [5, 5.41) is 5.45. The molecular weight excluding hydrogens is 256 g/mol. The van der Waals surface area contributed by atoms with Crippen molar-refractivity contribution in [2.24, 2.45) is 11.1 Å². The topological polar surface area (TPSA) is 75.6 Å². The van der Waals surface area contributed by atoms with E-state index in [1.54, 1.807) is 6.07 Å². The van der Waals surface area contributed by atoms with E-state index in [0.717, 1.165) is 18.4 Å². The fraction of sp³-hybridized carbons (Fsp3) is 0.467. The van der Waals surface area contributed by atoms with Crippen molar-refractivity contribution in [1.29, 1.82) is 0 Å². The van der Waals surface area contributed by atoms with Crippen LogP contribution < -0.4 is 5.32 Å². The first-order chi connectivity index (χ1) is 9.61. The molecule has 20 heavy (non-hydrogen) atoms. The second-order valence-electron chi connectivity index (χ2n) is 5.28. The van der Waals surface area contributed by atoms with Crippen molar-refractivity contribution >= 4 is 11.8 Å². The minimum absolute atomic E-state index is 0.0634. The largest absolute Gasteiger partial charge is 0.349 e. The second kappa shape index (κ2) is 6.41. The molecule has 2 amide bonds. The fourth-order valence-corrected chi connectivity index (χ4v) is 2.71. The molecule has 1 fully saturated rings. The summed E-state index contributed by atoms with van der Waals surface area (Å²) in [5.74, 6) is -1.07. The van der Waals surface area contributed by atoms with Crippen LogP contribution in [0.4, 0.5) is 0 Å². The third-order valence-corrected chi connectivity index (χ3v) is 3.84. The molecule has 0 bridgehead atoms. The van der Waals surface area contributed by atoms with Gasteiger partial charge in [-0.15, -0.1) is 4.91 Å². The van der Waals surface area contributed by atoms with Crippen LogP contribution in [0.25, 0.3) is 0 Å². The number of hydrogen-bond donors (Lipinski definition) is 1. The number of nitrogens with one attached hydrogen (secondary N) is 1. The highest BCUT2D eigenvalue weighted by atomic mass is 16.3. The number of nitroso groups, excluding NO2 is 1. The Kier molecular flexibility index (Phi) is 4.61. The zero-order valence-corrected chi connectivity index (χ0v) is 11.5. The quantitative estimate of drug-likeness (QED) is 0.861. The maximum absolute atomic E-state index is 12.2. The van der Waals surface area contributed by atoms with E-state index in [1.807, 2.05) is 25.1 Å². The Labute approximate surface area is 117 Å². The maximum Gasteiger partial charge on any atom is 0.289 e. The molecule has 0 heterocycles. The van der Waals surface area contributed by atoms with Gasteiger partial charge in [0.25, 0.3) is 11.8 Å². The molecule has 0 aliphatic heterocycles. The van der Waals surface area contributed by atoms with Crippen LogP contribution in [-0.2, 0) is 4.79 Å². The first kappa shape index (κ1) is 14.4. The average molecular weight is 274 g/mol. The average Bonchev–Trinajstić information content (AvgIpc) is 2.47. The van der Waals surface area contributed by atoms with Crippen LogP contribution in [0.2, 0.25) is 0 Å². The van der Waals surface area contributed by atoms with Gasteiger partial charge in [0.05, 0.1) is 0 Å². The van der Waals surface area contributed by atoms with Crippen LogP contribution >= 0.6 is 0 Å². The van der Waals surface area contributed by atoms with E-state index in [0.29, 0.717) is 18.4 Å². The summed E-state index contributed by atoms with van der Waals surface area (Å²) in [6.45, 7) is 1.89. The van der Waals surface area contributed by atoms with E-state index in [-0.39, 0.29) is 17.9 Å². The minimum Gasteiger partial charge on any atom is -0.349 e. The molecule has 1 N–H and O–H groups in total. The number of amides is 2. The van der Waals surface area contributed by atoms with E-state index in [9.17, 15) is 14.5 Å². The predicted octanol–water partition coefficient (Wildman–Crippen LogP) is 2.58. The summed E-state index contributed by atoms with van der Waals surface area (Å²) in [7, 11) is 0. The summed E-state index contributed by atoms with van der Waals surface area (Å²) in [4.78, 5) is 33.8. The molecule has 106 valence electrons. The molecule has 1 aromatic carbocycles. The lowest BCUT2D eigenvalue weighted by molar-refractivity contribution is -0.122. The number of carbonyl (C=O) groups is 2. The third kappa shape index (κ3) is 3.29. The van der Waals surface area contributed by atoms with Gasteiger partial charge in [-0.3, -0.25) is 9.59 Å². The normalized spacial score (nSPS) is 22.1. The van der Waals surface area contributed by atoms with Crippen molar-refractivity contribution in [2.75, 3.05) is 0 Å². The van der Waals surface area contributed by atoms with Crippen LogP contribution in [0.15, 0.2) is 29.4 Å². The molecule has 2 atom stereocenters. The molecule has 1 aromatic rings. The molecular formula is C15H18N2O3. The Morgan fingerprint density at radius 1 is 1.25 bits per heavy atom. The van der Waals surface area contributed by atoms with Crippen LogP contribution in [0.5, 0.6) is 0 Å². The lowest BCUT2D eigenvalue weighted by Crippen LogP contribution is -2.39. The number of aryl methyl sites for hydroxylation is 1. The van der Waals surface area contributed by atoms with E-state index in [2.05, 4.69) is 10.5 Å². The smallest absolute Gasteiger partial charge is 0.289 e. The van der Waals surface area contributed by atoms with Gasteiger partial charge in [0.1, 0.15) is 0 Å². The zero-order chi connectivity index (χ0) is 14.5. The molecule has 0 saturated heterocycles. The SMILES string of the molecule is Cc1ccccc1C(=O)N[C@@H]1CCC[C@H](C(=O)N=O)C1. The van der Waals surface area contributed by atoms with Gasteiger partial charge in [0.2, 0.25) is 0 Å². The molecule has 0 unspecified atom stereocenters. The van der Waals surface area contributed by atoms with Gasteiger partial charge in [0.15, 0.2) is 0 Å². The summed E-state index contributed by atoms with van der Waals surface area (Å²) in [6, 6.07) is 7.32. The van der Waals surface area contributed by atoms with E-state index < -0.39 is 5.91 Å². The van der Waals surface area contributed by atoms with Gasteiger partial charge in [-0.2, -0.15) is 0 Å². The van der Waals surface area contributed by atoms with Crippen molar-refractivity contribution in [3.63, 3.8) is 0 Å². The third-order valence-electron chi connectivity index (χ3n) is 3.84. The molecule has 0 aromatic heterocycles. The first-order valence-electron chi connectivity index (χ1n) is 6.85. The molecule has 0 radical (unpaired) electrons.